The molecule has 6 nitrogen and oxygen atoms in total. The van der Waals surface area contributed by atoms with Crippen LogP contribution in [0.1, 0.15) is 17.7 Å². The predicted octanol–water partition coefficient (Wildman–Crippen LogP) is 3.40. The van der Waals surface area contributed by atoms with E-state index in [1.165, 1.54) is 5.56 Å². The molecule has 1 amide bonds. The average molecular weight is 376 g/mol. The molecule has 6 heteroatoms. The summed E-state index contributed by atoms with van der Waals surface area (Å²) >= 11 is 0. The first kappa shape index (κ1) is 18.3. The van der Waals surface area contributed by atoms with Crippen molar-refractivity contribution in [3.05, 3.63) is 72.1 Å². The first-order chi connectivity index (χ1) is 13.6. The molecule has 144 valence electrons. The average Bonchev–Trinajstić information content (AvgIpc) is 3.12. The number of carbonyl (C=O) groups excluding carboxylic acids is 1. The van der Waals surface area contributed by atoms with Crippen molar-refractivity contribution in [1.82, 2.24) is 14.7 Å². The van der Waals surface area contributed by atoms with Crippen LogP contribution in [0.3, 0.4) is 0 Å². The largest absolute Gasteiger partial charge is 0.497 e. The van der Waals surface area contributed by atoms with Crippen LogP contribution in [0.5, 0.6) is 5.75 Å². The Morgan fingerprint density at radius 2 is 1.89 bits per heavy atom. The Hall–Kier alpha value is -3.12. The third kappa shape index (κ3) is 3.92. The number of carbonyl (C=O) groups is 1. The van der Waals surface area contributed by atoms with E-state index in [0.29, 0.717) is 0 Å². The quantitative estimate of drug-likeness (QED) is 0.716. The summed E-state index contributed by atoms with van der Waals surface area (Å²) in [6, 6.07) is 17.6. The van der Waals surface area contributed by atoms with Crippen molar-refractivity contribution in [2.45, 2.75) is 25.9 Å². The van der Waals surface area contributed by atoms with Gasteiger partial charge in [0, 0.05) is 25.0 Å². The lowest BCUT2D eigenvalue weighted by Gasteiger charge is -2.39. The topological polar surface area (TPSA) is 59.4 Å². The number of amides is 1. The molecule has 1 aromatic heterocycles. The van der Waals surface area contributed by atoms with Crippen LogP contribution in [0.15, 0.2) is 60.8 Å². The molecule has 28 heavy (non-hydrogen) atoms. The van der Waals surface area contributed by atoms with Gasteiger partial charge in [-0.3, -0.25) is 9.69 Å². The van der Waals surface area contributed by atoms with Crippen molar-refractivity contribution in [3.8, 4) is 11.4 Å². The molecule has 1 fully saturated rings. The van der Waals surface area contributed by atoms with Gasteiger partial charge in [-0.05, 0) is 61.4 Å². The van der Waals surface area contributed by atoms with Gasteiger partial charge in [-0.25, -0.2) is 4.68 Å². The fourth-order valence-electron chi connectivity index (χ4n) is 3.37. The Morgan fingerprint density at radius 3 is 2.46 bits per heavy atom. The van der Waals surface area contributed by atoms with Gasteiger partial charge >= 0.3 is 0 Å². The van der Waals surface area contributed by atoms with E-state index in [2.05, 4.69) is 15.3 Å². The maximum absolute atomic E-state index is 12.7. The number of nitrogens with one attached hydrogen (secondary N) is 1. The Kier molecular flexibility index (Phi) is 5.12. The number of rotatable bonds is 6. The van der Waals surface area contributed by atoms with Crippen LogP contribution in [-0.2, 0) is 11.3 Å². The molecule has 1 saturated heterocycles. The maximum atomic E-state index is 12.7. The van der Waals surface area contributed by atoms with Crippen LogP contribution in [0, 0.1) is 6.92 Å². The molecule has 0 spiro atoms. The van der Waals surface area contributed by atoms with Crippen molar-refractivity contribution in [3.63, 3.8) is 0 Å². The molecular formula is C22H24N4O2. The van der Waals surface area contributed by atoms with Gasteiger partial charge in [0.05, 0.1) is 24.5 Å². The number of likely N-dealkylation sites (tertiary alicyclic amines) is 1. The number of anilines is 1. The van der Waals surface area contributed by atoms with Gasteiger partial charge in [-0.2, -0.15) is 5.10 Å². The molecule has 1 aliphatic rings. The molecule has 1 unspecified atom stereocenters. The van der Waals surface area contributed by atoms with Crippen LogP contribution in [0.4, 0.5) is 5.69 Å². The number of aryl methyl sites for hydroxylation is 1. The lowest BCUT2D eigenvalue weighted by molar-refractivity contribution is -0.125. The molecule has 1 N–H and O–H groups in total. The Morgan fingerprint density at radius 1 is 1.14 bits per heavy atom. The van der Waals surface area contributed by atoms with Crippen molar-refractivity contribution in [1.29, 1.82) is 0 Å². The van der Waals surface area contributed by atoms with E-state index < -0.39 is 0 Å². The van der Waals surface area contributed by atoms with Crippen LogP contribution < -0.4 is 10.1 Å². The predicted molar refractivity (Wildman–Crippen MR) is 109 cm³/mol. The maximum Gasteiger partial charge on any atom is 0.241 e. The standard InChI is InChI=1S/C22H24N4O2/c1-16-11-14-26(24-16)19-7-5-18(6-8-19)23-22(27)21-12-13-25(21)15-17-3-9-20(28-2)10-4-17/h3-11,14,21H,12-13,15H2,1-2H3,(H,23,27). The highest BCUT2D eigenvalue weighted by molar-refractivity contribution is 5.95. The van der Waals surface area contributed by atoms with Gasteiger partial charge in [0.1, 0.15) is 5.75 Å². The van der Waals surface area contributed by atoms with Crippen LogP contribution in [0.2, 0.25) is 0 Å². The lowest BCUT2D eigenvalue weighted by atomic mass is 10.0. The zero-order chi connectivity index (χ0) is 19.5. The molecule has 1 atom stereocenters. The first-order valence-electron chi connectivity index (χ1n) is 9.43. The summed E-state index contributed by atoms with van der Waals surface area (Å²) in [5.74, 6) is 0.887. The Bertz CT molecular complexity index is 947. The van der Waals surface area contributed by atoms with Crippen LogP contribution >= 0.6 is 0 Å². The monoisotopic (exact) mass is 376 g/mol. The minimum Gasteiger partial charge on any atom is -0.497 e. The Balaban J connectivity index is 1.35. The van der Waals surface area contributed by atoms with E-state index in [-0.39, 0.29) is 11.9 Å². The number of aromatic nitrogens is 2. The fourth-order valence-corrected chi connectivity index (χ4v) is 3.37. The van der Waals surface area contributed by atoms with E-state index in [9.17, 15) is 4.79 Å². The third-order valence-electron chi connectivity index (χ3n) is 5.10. The number of nitrogens with zero attached hydrogens (tertiary/aromatic N) is 3. The Labute approximate surface area is 164 Å². The molecule has 4 rings (SSSR count). The van der Waals surface area contributed by atoms with Gasteiger partial charge < -0.3 is 10.1 Å². The van der Waals surface area contributed by atoms with Gasteiger partial charge in [0.25, 0.3) is 0 Å². The molecule has 0 bridgehead atoms. The highest BCUT2D eigenvalue weighted by Crippen LogP contribution is 2.23. The van der Waals surface area contributed by atoms with Gasteiger partial charge in [0.15, 0.2) is 0 Å². The number of ether oxygens (including phenoxy) is 1. The molecule has 1 aliphatic heterocycles. The van der Waals surface area contributed by atoms with Crippen molar-refractivity contribution in [2.75, 3.05) is 19.0 Å². The molecule has 0 aliphatic carbocycles. The van der Waals surface area contributed by atoms with E-state index in [1.807, 2.05) is 72.4 Å². The summed E-state index contributed by atoms with van der Waals surface area (Å²) in [6.45, 7) is 3.66. The molecule has 3 aromatic rings. The minimum absolute atomic E-state index is 0.0439. The fraction of sp³-hybridized carbons (Fsp3) is 0.273. The highest BCUT2D eigenvalue weighted by atomic mass is 16.5. The van der Waals surface area contributed by atoms with Crippen LogP contribution in [-0.4, -0.2) is 40.3 Å². The number of benzene rings is 2. The minimum atomic E-state index is -0.0875. The SMILES string of the molecule is COc1ccc(CN2CCC2C(=O)Nc2ccc(-n3ccc(C)n3)cc2)cc1. The second kappa shape index (κ2) is 7.86. The van der Waals surface area contributed by atoms with Crippen molar-refractivity contribution in [2.24, 2.45) is 0 Å². The summed E-state index contributed by atoms with van der Waals surface area (Å²) < 4.78 is 7.02. The molecule has 2 heterocycles. The van der Waals surface area contributed by atoms with Crippen molar-refractivity contribution >= 4 is 11.6 Å². The van der Waals surface area contributed by atoms with Gasteiger partial charge in [-0.1, -0.05) is 12.1 Å². The summed E-state index contributed by atoms with van der Waals surface area (Å²) in [7, 11) is 1.66. The molecular weight excluding hydrogens is 352 g/mol. The van der Waals surface area contributed by atoms with E-state index >= 15 is 0 Å². The summed E-state index contributed by atoms with van der Waals surface area (Å²) in [5.41, 5.74) is 3.92. The normalized spacial score (nSPS) is 16.4. The first-order valence-corrected chi connectivity index (χ1v) is 9.43. The number of hydrogen-bond donors (Lipinski definition) is 1. The second-order valence-electron chi connectivity index (χ2n) is 7.06. The summed E-state index contributed by atoms with van der Waals surface area (Å²) in [4.78, 5) is 14.9. The number of hydrogen-bond acceptors (Lipinski definition) is 4. The van der Waals surface area contributed by atoms with Gasteiger partial charge in [0.2, 0.25) is 5.91 Å². The summed E-state index contributed by atoms with van der Waals surface area (Å²) in [5, 5.41) is 7.43. The van der Waals surface area contributed by atoms with E-state index in [4.69, 9.17) is 4.74 Å². The van der Waals surface area contributed by atoms with Crippen LogP contribution in [0.25, 0.3) is 5.69 Å². The highest BCUT2D eigenvalue weighted by Gasteiger charge is 2.33. The third-order valence-corrected chi connectivity index (χ3v) is 5.10. The zero-order valence-corrected chi connectivity index (χ0v) is 16.1. The van der Waals surface area contributed by atoms with Gasteiger partial charge in [-0.15, -0.1) is 0 Å². The smallest absolute Gasteiger partial charge is 0.241 e. The lowest BCUT2D eigenvalue weighted by Crippen LogP contribution is -2.53. The van der Waals surface area contributed by atoms with E-state index in [1.54, 1.807) is 7.11 Å². The molecule has 2 aromatic carbocycles. The molecule has 0 saturated carbocycles. The second-order valence-corrected chi connectivity index (χ2v) is 7.06. The number of methoxy groups -OCH3 is 1. The van der Waals surface area contributed by atoms with E-state index in [0.717, 1.165) is 42.3 Å². The summed E-state index contributed by atoms with van der Waals surface area (Å²) in [6.07, 6.45) is 2.81. The molecule has 0 radical (unpaired) electrons. The zero-order valence-electron chi connectivity index (χ0n) is 16.1. The van der Waals surface area contributed by atoms with Crippen molar-refractivity contribution < 1.29 is 9.53 Å².